The summed E-state index contributed by atoms with van der Waals surface area (Å²) >= 11 is 0. The molecule has 4 nitrogen and oxygen atoms in total. The van der Waals surface area contributed by atoms with Gasteiger partial charge in [0.05, 0.1) is 5.69 Å². The maximum absolute atomic E-state index is 4.35. The van der Waals surface area contributed by atoms with Crippen LogP contribution in [0.3, 0.4) is 0 Å². The molecular weight excluding hydrogens is 224 g/mol. The van der Waals surface area contributed by atoms with Crippen LogP contribution in [0.1, 0.15) is 38.3 Å². The van der Waals surface area contributed by atoms with Crippen molar-refractivity contribution in [3.63, 3.8) is 0 Å². The van der Waals surface area contributed by atoms with Crippen LogP contribution in [0.25, 0.3) is 0 Å². The fourth-order valence-corrected chi connectivity index (χ4v) is 2.47. The molecule has 0 bridgehead atoms. The van der Waals surface area contributed by atoms with E-state index in [0.717, 1.165) is 37.1 Å². The molecule has 1 aliphatic heterocycles. The van der Waals surface area contributed by atoms with Gasteiger partial charge in [-0.15, -0.1) is 5.10 Å². The van der Waals surface area contributed by atoms with Crippen LogP contribution in [0.15, 0.2) is 12.1 Å². The third-order valence-corrected chi connectivity index (χ3v) is 3.69. The summed E-state index contributed by atoms with van der Waals surface area (Å²) in [5.74, 6) is 2.30. The molecule has 18 heavy (non-hydrogen) atoms. The van der Waals surface area contributed by atoms with Crippen molar-refractivity contribution in [2.45, 2.75) is 32.6 Å². The Labute approximate surface area is 110 Å². The lowest BCUT2D eigenvalue weighted by molar-refractivity contribution is 0.392. The minimum absolute atomic E-state index is 0.452. The highest BCUT2D eigenvalue weighted by Crippen LogP contribution is 2.21. The Hall–Kier alpha value is -1.16. The normalized spacial score (nSPS) is 17.4. The number of piperidine rings is 1. The van der Waals surface area contributed by atoms with Crippen molar-refractivity contribution in [2.75, 3.05) is 31.6 Å². The maximum atomic E-state index is 4.35. The lowest BCUT2D eigenvalue weighted by Crippen LogP contribution is -2.37. The van der Waals surface area contributed by atoms with Gasteiger partial charge in [-0.1, -0.05) is 13.8 Å². The first kappa shape index (κ1) is 13.3. The largest absolute Gasteiger partial charge is 0.355 e. The van der Waals surface area contributed by atoms with Crippen molar-refractivity contribution in [3.05, 3.63) is 17.8 Å². The van der Waals surface area contributed by atoms with E-state index < -0.39 is 0 Å². The third kappa shape index (κ3) is 3.19. The molecule has 1 saturated heterocycles. The van der Waals surface area contributed by atoms with Crippen LogP contribution >= 0.6 is 0 Å². The predicted octanol–water partition coefficient (Wildman–Crippen LogP) is 2.04. The highest BCUT2D eigenvalue weighted by molar-refractivity contribution is 5.38. The number of hydrogen-bond acceptors (Lipinski definition) is 4. The van der Waals surface area contributed by atoms with Crippen LogP contribution in [0, 0.1) is 5.92 Å². The number of hydrogen-bond donors (Lipinski definition) is 1. The Bertz CT molecular complexity index is 353. The van der Waals surface area contributed by atoms with E-state index in [2.05, 4.69) is 46.4 Å². The summed E-state index contributed by atoms with van der Waals surface area (Å²) < 4.78 is 0. The molecule has 0 amide bonds. The van der Waals surface area contributed by atoms with Crippen LogP contribution in [-0.2, 0) is 0 Å². The Morgan fingerprint density at radius 3 is 2.50 bits per heavy atom. The Kier molecular flexibility index (Phi) is 4.53. The molecule has 2 rings (SSSR count). The van der Waals surface area contributed by atoms with Gasteiger partial charge in [0.15, 0.2) is 5.82 Å². The van der Waals surface area contributed by atoms with Gasteiger partial charge in [0.1, 0.15) is 0 Å². The van der Waals surface area contributed by atoms with E-state index in [1.165, 1.54) is 12.8 Å². The molecule has 0 aromatic carbocycles. The second-order valence-corrected chi connectivity index (χ2v) is 5.46. The topological polar surface area (TPSA) is 41.0 Å². The molecular formula is C14H24N4. The summed E-state index contributed by atoms with van der Waals surface area (Å²) in [6, 6.07) is 4.22. The van der Waals surface area contributed by atoms with Crippen molar-refractivity contribution in [2.24, 2.45) is 5.92 Å². The Balaban J connectivity index is 1.93. The van der Waals surface area contributed by atoms with E-state index in [1.807, 2.05) is 7.05 Å². The SMILES string of the molecule is CNCC1CCN(c2ccc(C(C)C)nn2)CC1. The van der Waals surface area contributed by atoms with Gasteiger partial charge in [-0.3, -0.25) is 0 Å². The summed E-state index contributed by atoms with van der Waals surface area (Å²) in [5.41, 5.74) is 1.07. The number of nitrogens with zero attached hydrogens (tertiary/aromatic N) is 3. The average molecular weight is 248 g/mol. The zero-order valence-corrected chi connectivity index (χ0v) is 11.7. The van der Waals surface area contributed by atoms with Crippen molar-refractivity contribution >= 4 is 5.82 Å². The van der Waals surface area contributed by atoms with Crippen LogP contribution in [-0.4, -0.2) is 36.9 Å². The second kappa shape index (κ2) is 6.14. The molecule has 0 spiro atoms. The van der Waals surface area contributed by atoms with Crippen molar-refractivity contribution in [3.8, 4) is 0 Å². The lowest BCUT2D eigenvalue weighted by atomic mass is 9.97. The predicted molar refractivity (Wildman–Crippen MR) is 75.0 cm³/mol. The number of anilines is 1. The summed E-state index contributed by atoms with van der Waals surface area (Å²) in [6.07, 6.45) is 2.49. The molecule has 1 N–H and O–H groups in total. The fraction of sp³-hybridized carbons (Fsp3) is 0.714. The van der Waals surface area contributed by atoms with Gasteiger partial charge in [0, 0.05) is 13.1 Å². The lowest BCUT2D eigenvalue weighted by Gasteiger charge is -2.32. The van der Waals surface area contributed by atoms with Crippen LogP contribution < -0.4 is 10.2 Å². The van der Waals surface area contributed by atoms with Crippen molar-refractivity contribution in [1.29, 1.82) is 0 Å². The van der Waals surface area contributed by atoms with Crippen LogP contribution in [0.5, 0.6) is 0 Å². The quantitative estimate of drug-likeness (QED) is 0.885. The molecule has 0 radical (unpaired) electrons. The number of aromatic nitrogens is 2. The first-order chi connectivity index (χ1) is 8.70. The molecule has 4 heteroatoms. The number of rotatable bonds is 4. The van der Waals surface area contributed by atoms with Gasteiger partial charge in [0.25, 0.3) is 0 Å². The van der Waals surface area contributed by atoms with E-state index in [4.69, 9.17) is 0 Å². The van der Waals surface area contributed by atoms with Gasteiger partial charge in [0.2, 0.25) is 0 Å². The van der Waals surface area contributed by atoms with E-state index in [9.17, 15) is 0 Å². The molecule has 0 aliphatic carbocycles. The highest BCUT2D eigenvalue weighted by atomic mass is 15.3. The van der Waals surface area contributed by atoms with Crippen molar-refractivity contribution in [1.82, 2.24) is 15.5 Å². The summed E-state index contributed by atoms with van der Waals surface area (Å²) in [5, 5.41) is 11.9. The molecule has 1 aromatic rings. The average Bonchev–Trinajstić information content (AvgIpc) is 2.40. The zero-order chi connectivity index (χ0) is 13.0. The van der Waals surface area contributed by atoms with Crippen LogP contribution in [0.4, 0.5) is 5.82 Å². The van der Waals surface area contributed by atoms with Gasteiger partial charge in [-0.25, -0.2) is 0 Å². The molecule has 0 unspecified atom stereocenters. The molecule has 0 atom stereocenters. The van der Waals surface area contributed by atoms with E-state index in [1.54, 1.807) is 0 Å². The van der Waals surface area contributed by atoms with E-state index in [0.29, 0.717) is 5.92 Å². The Morgan fingerprint density at radius 1 is 1.28 bits per heavy atom. The first-order valence-electron chi connectivity index (χ1n) is 6.94. The van der Waals surface area contributed by atoms with Gasteiger partial charge in [-0.05, 0) is 50.4 Å². The van der Waals surface area contributed by atoms with Gasteiger partial charge >= 0.3 is 0 Å². The minimum atomic E-state index is 0.452. The molecule has 1 aliphatic rings. The Morgan fingerprint density at radius 2 is 2.00 bits per heavy atom. The number of nitrogens with one attached hydrogen (secondary N) is 1. The third-order valence-electron chi connectivity index (χ3n) is 3.69. The summed E-state index contributed by atoms with van der Waals surface area (Å²) in [6.45, 7) is 7.62. The standard InChI is InChI=1S/C14H24N4/c1-11(2)13-4-5-14(17-16-13)18-8-6-12(7-9-18)10-15-3/h4-5,11-12,15H,6-10H2,1-3H3. The smallest absolute Gasteiger partial charge is 0.151 e. The van der Waals surface area contributed by atoms with Crippen LogP contribution in [0.2, 0.25) is 0 Å². The highest BCUT2D eigenvalue weighted by Gasteiger charge is 2.19. The van der Waals surface area contributed by atoms with Gasteiger partial charge < -0.3 is 10.2 Å². The summed E-state index contributed by atoms with van der Waals surface area (Å²) in [4.78, 5) is 2.35. The van der Waals surface area contributed by atoms with Gasteiger partial charge in [-0.2, -0.15) is 5.10 Å². The molecule has 1 aromatic heterocycles. The van der Waals surface area contributed by atoms with E-state index in [-0.39, 0.29) is 0 Å². The van der Waals surface area contributed by atoms with E-state index >= 15 is 0 Å². The first-order valence-corrected chi connectivity index (χ1v) is 6.94. The zero-order valence-electron chi connectivity index (χ0n) is 11.7. The van der Waals surface area contributed by atoms with Crippen molar-refractivity contribution < 1.29 is 0 Å². The fourth-order valence-electron chi connectivity index (χ4n) is 2.47. The summed E-state index contributed by atoms with van der Waals surface area (Å²) in [7, 11) is 2.03. The molecule has 1 fully saturated rings. The molecule has 2 heterocycles. The molecule has 0 saturated carbocycles. The maximum Gasteiger partial charge on any atom is 0.151 e. The monoisotopic (exact) mass is 248 g/mol. The minimum Gasteiger partial charge on any atom is -0.355 e. The molecule has 100 valence electrons. The second-order valence-electron chi connectivity index (χ2n) is 5.46.